The lowest BCUT2D eigenvalue weighted by Crippen LogP contribution is -2.27. The molecule has 0 unspecified atom stereocenters. The Morgan fingerprint density at radius 2 is 2.26 bits per heavy atom. The zero-order valence-electron chi connectivity index (χ0n) is 13.0. The predicted molar refractivity (Wildman–Crippen MR) is 83.2 cm³/mol. The molecule has 1 aliphatic rings. The van der Waals surface area contributed by atoms with E-state index >= 15 is 0 Å². The van der Waals surface area contributed by atoms with Gasteiger partial charge in [0.15, 0.2) is 0 Å². The van der Waals surface area contributed by atoms with Crippen molar-refractivity contribution in [2.75, 3.05) is 38.3 Å². The summed E-state index contributed by atoms with van der Waals surface area (Å²) in [4.78, 5) is 22.6. The molecule has 0 aliphatic carbocycles. The summed E-state index contributed by atoms with van der Waals surface area (Å²) in [5.74, 6) is 0.811. The van der Waals surface area contributed by atoms with Crippen molar-refractivity contribution in [2.45, 2.75) is 12.8 Å². The van der Waals surface area contributed by atoms with Crippen molar-refractivity contribution in [1.82, 2.24) is 20.4 Å². The minimum Gasteiger partial charge on any atom is -0.383 e. The molecule has 1 aliphatic heterocycles. The number of pyridine rings is 1. The van der Waals surface area contributed by atoms with Crippen LogP contribution in [0.5, 0.6) is 0 Å². The Morgan fingerprint density at radius 3 is 3.04 bits per heavy atom. The number of hydrogen-bond donors (Lipinski definition) is 1. The van der Waals surface area contributed by atoms with Gasteiger partial charge in [-0.25, -0.2) is 4.98 Å². The quantitative estimate of drug-likeness (QED) is 0.798. The van der Waals surface area contributed by atoms with E-state index in [0.29, 0.717) is 19.0 Å². The summed E-state index contributed by atoms with van der Waals surface area (Å²) in [6, 6.07) is 3.72. The van der Waals surface area contributed by atoms with Crippen LogP contribution in [0.15, 0.2) is 22.9 Å². The molecule has 3 rings (SSSR count). The second-order valence-electron chi connectivity index (χ2n) is 5.27. The summed E-state index contributed by atoms with van der Waals surface area (Å²) in [6.07, 6.45) is 4.08. The third-order valence-electron chi connectivity index (χ3n) is 3.65. The summed E-state index contributed by atoms with van der Waals surface area (Å²) >= 11 is 0. The zero-order chi connectivity index (χ0) is 16.1. The minimum absolute atomic E-state index is 0.0596. The first-order chi connectivity index (χ1) is 11.3. The van der Waals surface area contributed by atoms with Crippen molar-refractivity contribution in [2.24, 2.45) is 0 Å². The largest absolute Gasteiger partial charge is 0.383 e. The lowest BCUT2D eigenvalue weighted by molar-refractivity contribution is 0.0893. The monoisotopic (exact) mass is 317 g/mol. The van der Waals surface area contributed by atoms with Crippen molar-refractivity contribution in [1.29, 1.82) is 0 Å². The van der Waals surface area contributed by atoms with Crippen LogP contribution in [-0.2, 0) is 4.74 Å². The normalized spacial score (nSPS) is 14.2. The summed E-state index contributed by atoms with van der Waals surface area (Å²) in [7, 11) is 1.57. The van der Waals surface area contributed by atoms with E-state index in [0.717, 1.165) is 24.5 Å². The molecule has 1 amide bonds. The van der Waals surface area contributed by atoms with Crippen molar-refractivity contribution in [3.05, 3.63) is 24.2 Å². The molecule has 0 radical (unpaired) electrons. The number of ether oxygens (including phenoxy) is 1. The molecule has 3 heterocycles. The molecule has 0 aromatic carbocycles. The highest BCUT2D eigenvalue weighted by Crippen LogP contribution is 2.23. The Kier molecular flexibility index (Phi) is 4.82. The number of hydrogen-bond acceptors (Lipinski definition) is 7. The Balaban J connectivity index is 1.72. The molecule has 0 atom stereocenters. The van der Waals surface area contributed by atoms with Crippen LogP contribution in [0, 0.1) is 0 Å². The number of nitrogens with one attached hydrogen (secondary N) is 1. The third-order valence-corrected chi connectivity index (χ3v) is 3.65. The van der Waals surface area contributed by atoms with Gasteiger partial charge in [-0.15, -0.1) is 0 Å². The van der Waals surface area contributed by atoms with Crippen LogP contribution in [0.1, 0.15) is 23.5 Å². The molecule has 23 heavy (non-hydrogen) atoms. The molecule has 0 saturated carbocycles. The lowest BCUT2D eigenvalue weighted by atomic mass is 10.2. The standard InChI is InChI=1S/C15H19N5O3/c1-22-9-6-17-14(21)15-18-13(19-23-15)11-4-5-16-12(10-11)20-7-2-3-8-20/h4-5,10H,2-3,6-9H2,1H3,(H,17,21). The first-order valence-electron chi connectivity index (χ1n) is 7.60. The van der Waals surface area contributed by atoms with E-state index in [1.165, 1.54) is 12.8 Å². The molecular formula is C15H19N5O3. The van der Waals surface area contributed by atoms with Gasteiger partial charge < -0.3 is 19.5 Å². The number of anilines is 1. The Labute approximate surface area is 133 Å². The van der Waals surface area contributed by atoms with Crippen LogP contribution in [0.25, 0.3) is 11.4 Å². The first kappa shape index (κ1) is 15.4. The number of amides is 1. The van der Waals surface area contributed by atoms with Crippen LogP contribution in [0.4, 0.5) is 5.82 Å². The number of aromatic nitrogens is 3. The van der Waals surface area contributed by atoms with Crippen molar-refractivity contribution in [3.63, 3.8) is 0 Å². The second kappa shape index (κ2) is 7.19. The topological polar surface area (TPSA) is 93.4 Å². The van der Waals surface area contributed by atoms with Gasteiger partial charge in [-0.3, -0.25) is 4.79 Å². The van der Waals surface area contributed by atoms with Gasteiger partial charge in [-0.05, 0) is 25.0 Å². The number of methoxy groups -OCH3 is 1. The molecule has 1 N–H and O–H groups in total. The molecule has 0 spiro atoms. The van der Waals surface area contributed by atoms with Gasteiger partial charge in [0.05, 0.1) is 6.61 Å². The van der Waals surface area contributed by atoms with E-state index in [1.54, 1.807) is 19.4 Å². The van der Waals surface area contributed by atoms with Gasteiger partial charge in [0.25, 0.3) is 0 Å². The third kappa shape index (κ3) is 3.65. The highest BCUT2D eigenvalue weighted by atomic mass is 16.5. The Morgan fingerprint density at radius 1 is 1.43 bits per heavy atom. The van der Waals surface area contributed by atoms with Gasteiger partial charge in [0.2, 0.25) is 5.82 Å². The van der Waals surface area contributed by atoms with Gasteiger partial charge >= 0.3 is 11.8 Å². The number of rotatable bonds is 6. The average molecular weight is 317 g/mol. The smallest absolute Gasteiger partial charge is 0.316 e. The van der Waals surface area contributed by atoms with Crippen LogP contribution in [0.3, 0.4) is 0 Å². The van der Waals surface area contributed by atoms with Crippen molar-refractivity contribution >= 4 is 11.7 Å². The van der Waals surface area contributed by atoms with Gasteiger partial charge in [0.1, 0.15) is 5.82 Å². The summed E-state index contributed by atoms with van der Waals surface area (Å²) in [5.41, 5.74) is 0.779. The Bertz CT molecular complexity index is 667. The van der Waals surface area contributed by atoms with Crippen LogP contribution in [0.2, 0.25) is 0 Å². The summed E-state index contributed by atoms with van der Waals surface area (Å²) in [5, 5.41) is 6.52. The Hall–Kier alpha value is -2.48. The number of carbonyl (C=O) groups excluding carboxylic acids is 1. The maximum Gasteiger partial charge on any atom is 0.316 e. The SMILES string of the molecule is COCCNC(=O)c1nc(-c2ccnc(N3CCCC3)c2)no1. The van der Waals surface area contributed by atoms with Crippen molar-refractivity contribution in [3.8, 4) is 11.4 Å². The van der Waals surface area contributed by atoms with Crippen molar-refractivity contribution < 1.29 is 14.1 Å². The molecule has 1 fully saturated rings. The number of nitrogens with zero attached hydrogens (tertiary/aromatic N) is 4. The summed E-state index contributed by atoms with van der Waals surface area (Å²) < 4.78 is 9.90. The fraction of sp³-hybridized carbons (Fsp3) is 0.467. The molecule has 8 heteroatoms. The van der Waals surface area contributed by atoms with Crippen LogP contribution >= 0.6 is 0 Å². The highest BCUT2D eigenvalue weighted by Gasteiger charge is 2.18. The van der Waals surface area contributed by atoms with Gasteiger partial charge in [-0.1, -0.05) is 5.16 Å². The molecule has 122 valence electrons. The highest BCUT2D eigenvalue weighted by molar-refractivity contribution is 5.89. The van der Waals surface area contributed by atoms with E-state index in [2.05, 4.69) is 25.3 Å². The molecule has 2 aromatic rings. The van der Waals surface area contributed by atoms with Gasteiger partial charge in [-0.2, -0.15) is 4.98 Å². The van der Waals surface area contributed by atoms with E-state index in [4.69, 9.17) is 9.26 Å². The maximum atomic E-state index is 11.9. The molecular weight excluding hydrogens is 298 g/mol. The van der Waals surface area contributed by atoms with E-state index < -0.39 is 5.91 Å². The maximum absolute atomic E-state index is 11.9. The molecule has 8 nitrogen and oxygen atoms in total. The average Bonchev–Trinajstić information content (AvgIpc) is 3.27. The fourth-order valence-electron chi connectivity index (χ4n) is 2.45. The van der Waals surface area contributed by atoms with E-state index in [1.807, 2.05) is 6.07 Å². The molecule has 1 saturated heterocycles. The molecule has 2 aromatic heterocycles. The first-order valence-corrected chi connectivity index (χ1v) is 7.60. The van der Waals surface area contributed by atoms with Crippen LogP contribution < -0.4 is 10.2 Å². The fourth-order valence-corrected chi connectivity index (χ4v) is 2.45. The second-order valence-corrected chi connectivity index (χ2v) is 5.27. The van der Waals surface area contributed by atoms with Gasteiger partial charge in [0, 0.05) is 38.5 Å². The minimum atomic E-state index is -0.408. The summed E-state index contributed by atoms with van der Waals surface area (Å²) in [6.45, 7) is 2.84. The lowest BCUT2D eigenvalue weighted by Gasteiger charge is -2.16. The zero-order valence-corrected chi connectivity index (χ0v) is 13.0. The predicted octanol–water partition coefficient (Wildman–Crippen LogP) is 1.11. The number of carbonyl (C=O) groups is 1. The van der Waals surface area contributed by atoms with E-state index in [-0.39, 0.29) is 5.89 Å². The molecule has 0 bridgehead atoms. The van der Waals surface area contributed by atoms with Crippen LogP contribution in [-0.4, -0.2) is 54.4 Å². The van der Waals surface area contributed by atoms with E-state index in [9.17, 15) is 4.79 Å².